The zero-order valence-electron chi connectivity index (χ0n) is 14.7. The van der Waals surface area contributed by atoms with Crippen LogP contribution in [0.4, 0.5) is 0 Å². The minimum atomic E-state index is -0.371. The number of aryl methyl sites for hydroxylation is 1. The third-order valence-corrected chi connectivity index (χ3v) is 5.36. The minimum Gasteiger partial charge on any atom is -0.508 e. The van der Waals surface area contributed by atoms with Crippen molar-refractivity contribution in [3.8, 4) is 11.4 Å². The molecule has 0 aliphatic rings. The van der Waals surface area contributed by atoms with Crippen LogP contribution in [-0.2, 0) is 0 Å². The Balaban J connectivity index is 1.62. The van der Waals surface area contributed by atoms with Gasteiger partial charge in [0.15, 0.2) is 5.78 Å². The molecule has 0 fully saturated rings. The number of phenols is 1. The normalized spacial score (nSPS) is 12.4. The van der Waals surface area contributed by atoms with E-state index in [0.29, 0.717) is 16.4 Å². The molecule has 1 atom stereocenters. The summed E-state index contributed by atoms with van der Waals surface area (Å²) in [6.07, 6.45) is 0. The number of H-pyrrole nitrogens is 1. The van der Waals surface area contributed by atoms with Gasteiger partial charge in [0.05, 0.1) is 10.9 Å². The van der Waals surface area contributed by atoms with Gasteiger partial charge in [0.2, 0.25) is 5.16 Å². The molecular weight excluding hydrogens is 362 g/mol. The van der Waals surface area contributed by atoms with Crippen LogP contribution in [0.2, 0.25) is 0 Å². The number of aromatic amines is 1. The topological polar surface area (TPSA) is 96.7 Å². The maximum Gasteiger partial charge on any atom is 0.214 e. The summed E-state index contributed by atoms with van der Waals surface area (Å²) in [5.41, 5.74) is 3.22. The highest BCUT2D eigenvalue weighted by molar-refractivity contribution is 8.00. The standard InChI is InChI=1S/C19H17N5O2S/c1-11-17(15-5-3-4-6-16(15)20-11)18(26)12(2)27-19-21-22-23-24(19)13-7-9-14(25)10-8-13/h3-10,12,20,25H,1-2H3/t12-/m0/s1. The highest BCUT2D eigenvalue weighted by atomic mass is 32.2. The molecule has 2 heterocycles. The lowest BCUT2D eigenvalue weighted by Crippen LogP contribution is -2.15. The number of nitrogens with zero attached hydrogens (tertiary/aromatic N) is 4. The molecule has 0 saturated heterocycles. The van der Waals surface area contributed by atoms with Crippen molar-refractivity contribution in [3.05, 3.63) is 59.8 Å². The molecule has 4 rings (SSSR count). The molecule has 2 aromatic heterocycles. The van der Waals surface area contributed by atoms with Crippen molar-refractivity contribution in [3.63, 3.8) is 0 Å². The number of Topliss-reactive ketones (excluding diaryl/α,β-unsaturated/α-hetero) is 1. The van der Waals surface area contributed by atoms with Crippen LogP contribution in [0.5, 0.6) is 5.75 Å². The summed E-state index contributed by atoms with van der Waals surface area (Å²) in [7, 11) is 0. The van der Waals surface area contributed by atoms with Crippen LogP contribution in [-0.4, -0.2) is 41.3 Å². The quantitative estimate of drug-likeness (QED) is 0.407. The fourth-order valence-electron chi connectivity index (χ4n) is 3.02. The smallest absolute Gasteiger partial charge is 0.214 e. The Kier molecular flexibility index (Phi) is 4.41. The predicted molar refractivity (Wildman–Crippen MR) is 104 cm³/mol. The zero-order valence-corrected chi connectivity index (χ0v) is 15.6. The molecule has 0 saturated carbocycles. The first-order chi connectivity index (χ1) is 13.0. The van der Waals surface area contributed by atoms with Crippen molar-refractivity contribution >= 4 is 28.4 Å². The number of ketones is 1. The fourth-order valence-corrected chi connectivity index (χ4v) is 3.88. The lowest BCUT2D eigenvalue weighted by molar-refractivity contribution is 0.0995. The highest BCUT2D eigenvalue weighted by Crippen LogP contribution is 2.29. The van der Waals surface area contributed by atoms with Gasteiger partial charge in [0, 0.05) is 22.2 Å². The van der Waals surface area contributed by atoms with Gasteiger partial charge in [-0.2, -0.15) is 4.68 Å². The number of phenolic OH excluding ortho intramolecular Hbond substituents is 1. The average Bonchev–Trinajstić information content (AvgIpc) is 3.25. The minimum absolute atomic E-state index is 0.0233. The van der Waals surface area contributed by atoms with Crippen molar-refractivity contribution in [1.82, 2.24) is 25.2 Å². The largest absolute Gasteiger partial charge is 0.508 e. The van der Waals surface area contributed by atoms with Crippen LogP contribution in [0.15, 0.2) is 53.7 Å². The number of aromatic nitrogens is 5. The van der Waals surface area contributed by atoms with Crippen molar-refractivity contribution in [1.29, 1.82) is 0 Å². The van der Waals surface area contributed by atoms with Gasteiger partial charge in [-0.3, -0.25) is 4.79 Å². The highest BCUT2D eigenvalue weighted by Gasteiger charge is 2.24. The zero-order chi connectivity index (χ0) is 19.0. The number of hydrogen-bond donors (Lipinski definition) is 2. The second-order valence-electron chi connectivity index (χ2n) is 6.18. The van der Waals surface area contributed by atoms with E-state index in [1.807, 2.05) is 38.1 Å². The van der Waals surface area contributed by atoms with Crippen LogP contribution in [0.1, 0.15) is 23.0 Å². The van der Waals surface area contributed by atoms with Gasteiger partial charge >= 0.3 is 0 Å². The van der Waals surface area contributed by atoms with E-state index < -0.39 is 0 Å². The number of para-hydroxylation sites is 1. The number of rotatable bonds is 5. The Morgan fingerprint density at radius 2 is 1.93 bits per heavy atom. The van der Waals surface area contributed by atoms with Crippen LogP contribution >= 0.6 is 11.8 Å². The van der Waals surface area contributed by atoms with Crippen molar-refractivity contribution in [2.24, 2.45) is 0 Å². The van der Waals surface area contributed by atoms with E-state index in [2.05, 4.69) is 20.5 Å². The number of hydrogen-bond acceptors (Lipinski definition) is 6. The summed E-state index contributed by atoms with van der Waals surface area (Å²) in [6, 6.07) is 14.3. The molecule has 0 spiro atoms. The Bertz CT molecular complexity index is 1120. The van der Waals surface area contributed by atoms with Crippen LogP contribution in [0, 0.1) is 6.92 Å². The molecule has 0 unspecified atom stereocenters. The van der Waals surface area contributed by atoms with Crippen LogP contribution in [0.25, 0.3) is 16.6 Å². The molecule has 0 aliphatic heterocycles. The first-order valence-electron chi connectivity index (χ1n) is 8.40. The molecule has 0 radical (unpaired) electrons. The lowest BCUT2D eigenvalue weighted by atomic mass is 10.1. The molecule has 4 aromatic rings. The molecule has 2 N–H and O–H groups in total. The van der Waals surface area contributed by atoms with Crippen molar-refractivity contribution < 1.29 is 9.90 Å². The summed E-state index contributed by atoms with van der Waals surface area (Å²) >= 11 is 1.30. The van der Waals surface area contributed by atoms with Gasteiger partial charge in [-0.15, -0.1) is 5.10 Å². The number of aromatic hydroxyl groups is 1. The summed E-state index contributed by atoms with van der Waals surface area (Å²) in [4.78, 5) is 16.4. The lowest BCUT2D eigenvalue weighted by Gasteiger charge is -2.10. The summed E-state index contributed by atoms with van der Waals surface area (Å²) < 4.78 is 1.55. The summed E-state index contributed by atoms with van der Waals surface area (Å²) in [6.45, 7) is 3.76. The van der Waals surface area contributed by atoms with Gasteiger partial charge < -0.3 is 10.1 Å². The Labute approximate surface area is 159 Å². The number of nitrogens with one attached hydrogen (secondary N) is 1. The second-order valence-corrected chi connectivity index (χ2v) is 7.49. The number of tetrazole rings is 1. The van der Waals surface area contributed by atoms with E-state index in [1.54, 1.807) is 28.9 Å². The maximum atomic E-state index is 13.1. The van der Waals surface area contributed by atoms with Gasteiger partial charge in [0.25, 0.3) is 0 Å². The number of thioether (sulfide) groups is 1. The third kappa shape index (κ3) is 3.19. The Morgan fingerprint density at radius 1 is 1.19 bits per heavy atom. The molecule has 0 amide bonds. The van der Waals surface area contributed by atoms with E-state index in [0.717, 1.165) is 16.6 Å². The predicted octanol–water partition coefficient (Wildman–Crippen LogP) is 3.52. The molecule has 8 heteroatoms. The first-order valence-corrected chi connectivity index (χ1v) is 9.28. The first kappa shape index (κ1) is 17.3. The van der Waals surface area contributed by atoms with Crippen molar-refractivity contribution in [2.75, 3.05) is 0 Å². The van der Waals surface area contributed by atoms with Gasteiger partial charge in [-0.1, -0.05) is 30.0 Å². The van der Waals surface area contributed by atoms with Crippen molar-refractivity contribution in [2.45, 2.75) is 24.3 Å². The Hall–Kier alpha value is -3.13. The number of carbonyl (C=O) groups is 1. The van der Waals surface area contributed by atoms with Crippen LogP contribution < -0.4 is 0 Å². The molecule has 0 bridgehead atoms. The maximum absolute atomic E-state index is 13.1. The van der Waals surface area contributed by atoms with Gasteiger partial charge in [-0.05, 0) is 54.6 Å². The third-order valence-electron chi connectivity index (χ3n) is 4.33. The fraction of sp³-hybridized carbons (Fsp3) is 0.158. The van der Waals surface area contributed by atoms with Gasteiger partial charge in [-0.25, -0.2) is 0 Å². The monoisotopic (exact) mass is 379 g/mol. The summed E-state index contributed by atoms with van der Waals surface area (Å²) in [5.74, 6) is 0.189. The number of benzene rings is 2. The molecule has 2 aromatic carbocycles. The Morgan fingerprint density at radius 3 is 2.70 bits per heavy atom. The van der Waals surface area contributed by atoms with E-state index in [1.165, 1.54) is 11.8 Å². The number of fused-ring (bicyclic) bond motifs is 1. The average molecular weight is 379 g/mol. The molecule has 136 valence electrons. The molecular formula is C19H17N5O2S. The van der Waals surface area contributed by atoms with Crippen LogP contribution in [0.3, 0.4) is 0 Å². The van der Waals surface area contributed by atoms with E-state index in [9.17, 15) is 9.90 Å². The van der Waals surface area contributed by atoms with E-state index in [4.69, 9.17) is 0 Å². The number of carbonyl (C=O) groups excluding carboxylic acids is 1. The molecule has 27 heavy (non-hydrogen) atoms. The SMILES string of the molecule is Cc1[nH]c2ccccc2c1C(=O)[C@H](C)Sc1nnnn1-c1ccc(O)cc1. The summed E-state index contributed by atoms with van der Waals surface area (Å²) in [5, 5.41) is 22.3. The van der Waals surface area contributed by atoms with Gasteiger partial charge in [0.1, 0.15) is 5.75 Å². The van der Waals surface area contributed by atoms with E-state index in [-0.39, 0.29) is 16.8 Å². The molecule has 0 aliphatic carbocycles. The van der Waals surface area contributed by atoms with E-state index >= 15 is 0 Å². The second kappa shape index (κ2) is 6.88. The molecule has 7 nitrogen and oxygen atoms in total.